The first-order chi connectivity index (χ1) is 18.2. The summed E-state index contributed by atoms with van der Waals surface area (Å²) >= 11 is 6.37. The lowest BCUT2D eigenvalue weighted by molar-refractivity contribution is -0.122. The van der Waals surface area contributed by atoms with Crippen molar-refractivity contribution in [1.29, 1.82) is 0 Å². The number of carbonyl (C=O) groups is 3. The van der Waals surface area contributed by atoms with Crippen LogP contribution in [0.3, 0.4) is 0 Å². The van der Waals surface area contributed by atoms with Gasteiger partial charge in [0.15, 0.2) is 0 Å². The first kappa shape index (κ1) is 26.9. The number of aromatic nitrogens is 2. The number of ether oxygens (including phenoxy) is 1. The Morgan fingerprint density at radius 1 is 1.18 bits per heavy atom. The summed E-state index contributed by atoms with van der Waals surface area (Å²) in [5.41, 5.74) is 3.37. The predicted molar refractivity (Wildman–Crippen MR) is 144 cm³/mol. The minimum absolute atomic E-state index is 0.0617. The Morgan fingerprint density at radius 3 is 2.76 bits per heavy atom. The maximum atomic E-state index is 13.2. The lowest BCUT2D eigenvalue weighted by atomic mass is 10.0. The molecule has 0 fully saturated rings. The average Bonchev–Trinajstić information content (AvgIpc) is 3.21. The molecular weight excluding hydrogens is 508 g/mol. The fraction of sp³-hybridized carbons (Fsp3) is 0.296. The van der Waals surface area contributed by atoms with Crippen molar-refractivity contribution >= 4 is 35.3 Å². The maximum absolute atomic E-state index is 13.2. The predicted octanol–water partition coefficient (Wildman–Crippen LogP) is 3.19. The van der Waals surface area contributed by atoms with Crippen LogP contribution in [0.5, 0.6) is 5.75 Å². The molecule has 2 aromatic carbocycles. The van der Waals surface area contributed by atoms with Crippen molar-refractivity contribution in [3.8, 4) is 17.0 Å². The largest absolute Gasteiger partial charge is 0.497 e. The first-order valence-electron chi connectivity index (χ1n) is 12.1. The third-order valence-electron chi connectivity index (χ3n) is 6.09. The monoisotopic (exact) mass is 536 g/mol. The summed E-state index contributed by atoms with van der Waals surface area (Å²) in [7, 11) is 1.59. The fourth-order valence-electron chi connectivity index (χ4n) is 4.16. The minimum atomic E-state index is -0.254. The fourth-order valence-corrected chi connectivity index (χ4v) is 4.36. The van der Waals surface area contributed by atoms with Crippen molar-refractivity contribution in [2.75, 3.05) is 32.1 Å². The number of fused-ring (bicyclic) bond motifs is 1. The number of hydrogen-bond acceptors (Lipinski definition) is 7. The Labute approximate surface area is 225 Å². The summed E-state index contributed by atoms with van der Waals surface area (Å²) in [5.74, 6) is 0.455. The number of halogens is 1. The number of anilines is 1. The zero-order valence-corrected chi connectivity index (χ0v) is 22.1. The van der Waals surface area contributed by atoms with Crippen LogP contribution in [-0.4, -0.2) is 59.3 Å². The van der Waals surface area contributed by atoms with Crippen LogP contribution in [0.1, 0.15) is 41.4 Å². The number of rotatable bonds is 10. The molecule has 198 valence electrons. The van der Waals surface area contributed by atoms with Gasteiger partial charge in [0, 0.05) is 37.7 Å². The van der Waals surface area contributed by atoms with Crippen molar-refractivity contribution in [3.63, 3.8) is 0 Å². The number of hydrogen-bond donors (Lipinski definition) is 3. The molecule has 0 saturated carbocycles. The van der Waals surface area contributed by atoms with Crippen molar-refractivity contribution in [2.45, 2.75) is 26.4 Å². The van der Waals surface area contributed by atoms with E-state index in [0.717, 1.165) is 11.1 Å². The first-order valence-corrected chi connectivity index (χ1v) is 12.5. The summed E-state index contributed by atoms with van der Waals surface area (Å²) in [6, 6.07) is 12.7. The number of carbonyl (C=O) groups excluding carboxylic acids is 3. The van der Waals surface area contributed by atoms with Gasteiger partial charge in [0.25, 0.3) is 5.91 Å². The van der Waals surface area contributed by atoms with E-state index in [1.807, 2.05) is 43.3 Å². The summed E-state index contributed by atoms with van der Waals surface area (Å²) in [6.07, 6.45) is 1.49. The van der Waals surface area contributed by atoms with E-state index < -0.39 is 0 Å². The topological polar surface area (TPSA) is 126 Å². The molecule has 1 aliphatic heterocycles. The molecule has 0 saturated heterocycles. The normalized spacial score (nSPS) is 13.1. The standard InChI is InChI=1S/C27H29ClN6O4/c1-16(18-5-4-6-21(11-18)38-3)32-24(36)15-34-14-20-8-7-19(12-22(20)26(34)37)25-23(28)13-31-27(33-25)30-10-9-29-17(2)35/h4-8,11-13,16H,9-10,14-15H2,1-3H3,(H,29,35)(H,32,36)(H,30,31,33). The van der Waals surface area contributed by atoms with Crippen molar-refractivity contribution in [3.05, 3.63) is 70.4 Å². The van der Waals surface area contributed by atoms with Gasteiger partial charge in [-0.25, -0.2) is 9.97 Å². The zero-order chi connectivity index (χ0) is 27.2. The zero-order valence-electron chi connectivity index (χ0n) is 21.4. The lowest BCUT2D eigenvalue weighted by Gasteiger charge is -2.19. The van der Waals surface area contributed by atoms with E-state index in [9.17, 15) is 14.4 Å². The van der Waals surface area contributed by atoms with Gasteiger partial charge in [-0.1, -0.05) is 35.9 Å². The smallest absolute Gasteiger partial charge is 0.254 e. The highest BCUT2D eigenvalue weighted by Crippen LogP contribution is 2.31. The number of nitrogens with zero attached hydrogens (tertiary/aromatic N) is 3. The molecule has 10 nitrogen and oxygen atoms in total. The molecule has 3 N–H and O–H groups in total. The average molecular weight is 537 g/mol. The highest BCUT2D eigenvalue weighted by molar-refractivity contribution is 6.33. The Balaban J connectivity index is 1.41. The molecule has 1 atom stereocenters. The number of amides is 3. The molecular formula is C27H29ClN6O4. The molecule has 0 aliphatic carbocycles. The molecule has 0 spiro atoms. The molecule has 1 aromatic heterocycles. The second-order valence-electron chi connectivity index (χ2n) is 8.90. The SMILES string of the molecule is COc1cccc(C(C)NC(=O)CN2Cc3ccc(-c4nc(NCCNC(C)=O)ncc4Cl)cc3C2=O)c1. The van der Waals surface area contributed by atoms with Gasteiger partial charge >= 0.3 is 0 Å². The minimum Gasteiger partial charge on any atom is -0.497 e. The second-order valence-corrected chi connectivity index (χ2v) is 9.31. The van der Waals surface area contributed by atoms with Gasteiger partial charge in [0.2, 0.25) is 17.8 Å². The molecule has 3 amide bonds. The van der Waals surface area contributed by atoms with Crippen LogP contribution in [0.15, 0.2) is 48.7 Å². The van der Waals surface area contributed by atoms with E-state index in [-0.39, 0.29) is 30.3 Å². The van der Waals surface area contributed by atoms with Gasteiger partial charge < -0.3 is 25.6 Å². The molecule has 0 radical (unpaired) electrons. The molecule has 11 heteroatoms. The van der Waals surface area contributed by atoms with Crippen LogP contribution >= 0.6 is 11.6 Å². The van der Waals surface area contributed by atoms with Crippen molar-refractivity contribution in [1.82, 2.24) is 25.5 Å². The van der Waals surface area contributed by atoms with Crippen LogP contribution in [0, 0.1) is 0 Å². The van der Waals surface area contributed by atoms with Gasteiger partial charge in [0.05, 0.1) is 30.1 Å². The Bertz CT molecular complexity index is 1370. The summed E-state index contributed by atoms with van der Waals surface area (Å²) in [4.78, 5) is 47.1. The molecule has 3 aromatic rings. The highest BCUT2D eigenvalue weighted by Gasteiger charge is 2.30. The van der Waals surface area contributed by atoms with E-state index >= 15 is 0 Å². The maximum Gasteiger partial charge on any atom is 0.254 e. The van der Waals surface area contributed by atoms with Gasteiger partial charge in [-0.05, 0) is 36.2 Å². The summed E-state index contributed by atoms with van der Waals surface area (Å²) in [5, 5.41) is 9.01. The second kappa shape index (κ2) is 11.9. The molecule has 1 unspecified atom stereocenters. The van der Waals surface area contributed by atoms with E-state index in [1.54, 1.807) is 13.2 Å². The third-order valence-corrected chi connectivity index (χ3v) is 6.37. The van der Waals surface area contributed by atoms with Crippen LogP contribution in [-0.2, 0) is 16.1 Å². The van der Waals surface area contributed by atoms with E-state index in [1.165, 1.54) is 18.0 Å². The van der Waals surface area contributed by atoms with Crippen LogP contribution in [0.25, 0.3) is 11.3 Å². The van der Waals surface area contributed by atoms with Crippen molar-refractivity contribution < 1.29 is 19.1 Å². The van der Waals surface area contributed by atoms with Crippen LogP contribution in [0.2, 0.25) is 5.02 Å². The lowest BCUT2D eigenvalue weighted by Crippen LogP contribution is -2.38. The van der Waals surface area contributed by atoms with Gasteiger partial charge in [0.1, 0.15) is 12.3 Å². The number of nitrogens with one attached hydrogen (secondary N) is 3. The quantitative estimate of drug-likeness (QED) is 0.340. The van der Waals surface area contributed by atoms with E-state index in [0.29, 0.717) is 53.2 Å². The number of methoxy groups -OCH3 is 1. The van der Waals surface area contributed by atoms with Gasteiger partial charge in [-0.3, -0.25) is 14.4 Å². The van der Waals surface area contributed by atoms with E-state index in [2.05, 4.69) is 25.9 Å². The van der Waals surface area contributed by atoms with Crippen molar-refractivity contribution in [2.24, 2.45) is 0 Å². The van der Waals surface area contributed by atoms with Crippen LogP contribution < -0.4 is 20.7 Å². The molecule has 4 rings (SSSR count). The van der Waals surface area contributed by atoms with Gasteiger partial charge in [-0.2, -0.15) is 0 Å². The summed E-state index contributed by atoms with van der Waals surface area (Å²) in [6.45, 7) is 4.47. The molecule has 2 heterocycles. The third kappa shape index (κ3) is 6.38. The molecule has 38 heavy (non-hydrogen) atoms. The van der Waals surface area contributed by atoms with E-state index in [4.69, 9.17) is 16.3 Å². The summed E-state index contributed by atoms with van der Waals surface area (Å²) < 4.78 is 5.25. The molecule has 1 aliphatic rings. The Hall–Kier alpha value is -4.18. The van der Waals surface area contributed by atoms with Gasteiger partial charge in [-0.15, -0.1) is 0 Å². The highest BCUT2D eigenvalue weighted by atomic mass is 35.5. The number of benzene rings is 2. The molecule has 0 bridgehead atoms. The van der Waals surface area contributed by atoms with Crippen LogP contribution in [0.4, 0.5) is 5.95 Å². The Kier molecular flexibility index (Phi) is 8.42. The Morgan fingerprint density at radius 2 is 2.00 bits per heavy atom.